The van der Waals surface area contributed by atoms with Crippen molar-refractivity contribution in [3.63, 3.8) is 0 Å². The molecule has 0 aliphatic carbocycles. The summed E-state index contributed by atoms with van der Waals surface area (Å²) < 4.78 is 0. The van der Waals surface area contributed by atoms with Crippen LogP contribution in [0.5, 0.6) is 0 Å². The lowest BCUT2D eigenvalue weighted by Crippen LogP contribution is -2.31. The molecule has 2 rings (SSSR count). The van der Waals surface area contributed by atoms with E-state index in [1.807, 2.05) is 6.07 Å². The molecule has 0 aromatic heterocycles. The maximum absolute atomic E-state index is 11.4. The molecular formula is C11H11NO2S. The second kappa shape index (κ2) is 3.70. The Morgan fingerprint density at radius 2 is 2.13 bits per heavy atom. The topological polar surface area (TPSA) is 37.4 Å². The van der Waals surface area contributed by atoms with Crippen molar-refractivity contribution >= 4 is 29.3 Å². The Kier molecular flexibility index (Phi) is 2.52. The standard InChI is InChI=1S/C11H11NO2S/c1-12-9-4-2-8(11(14)15)6-7(9)3-5-10(12)13/h2,4,6H,3,5H2,1H3,(H,14,15). The van der Waals surface area contributed by atoms with Gasteiger partial charge in [0, 0.05) is 24.7 Å². The number of rotatable bonds is 1. The van der Waals surface area contributed by atoms with Gasteiger partial charge in [-0.05, 0) is 30.2 Å². The fourth-order valence-electron chi connectivity index (χ4n) is 1.79. The minimum absolute atomic E-state index is 0.118. The van der Waals surface area contributed by atoms with Crippen molar-refractivity contribution in [2.45, 2.75) is 12.8 Å². The van der Waals surface area contributed by atoms with Crippen molar-refractivity contribution in [3.05, 3.63) is 29.3 Å². The minimum atomic E-state index is -0.239. The SMILES string of the molecule is CN1C(=O)CCc2cc(C(=O)S)ccc21. The van der Waals surface area contributed by atoms with Crippen LogP contribution in [0.2, 0.25) is 0 Å². The average molecular weight is 221 g/mol. The summed E-state index contributed by atoms with van der Waals surface area (Å²) in [6.45, 7) is 0. The molecule has 1 aliphatic rings. The van der Waals surface area contributed by atoms with Crippen LogP contribution in [0.3, 0.4) is 0 Å². The Labute approximate surface area is 93.5 Å². The van der Waals surface area contributed by atoms with Crippen LogP contribution in [0.25, 0.3) is 0 Å². The molecular weight excluding hydrogens is 210 g/mol. The Hall–Kier alpha value is -1.29. The molecule has 0 spiro atoms. The molecule has 4 heteroatoms. The number of nitrogens with zero attached hydrogens (tertiary/aromatic N) is 1. The highest BCUT2D eigenvalue weighted by Gasteiger charge is 2.21. The largest absolute Gasteiger partial charge is 0.315 e. The lowest BCUT2D eigenvalue weighted by atomic mass is 9.99. The van der Waals surface area contributed by atoms with Gasteiger partial charge in [0.1, 0.15) is 0 Å². The molecule has 1 aromatic rings. The number of thiol groups is 1. The van der Waals surface area contributed by atoms with Crippen LogP contribution in [0.15, 0.2) is 18.2 Å². The molecule has 0 unspecified atom stereocenters. The van der Waals surface area contributed by atoms with Crippen LogP contribution >= 0.6 is 12.6 Å². The Morgan fingerprint density at radius 3 is 2.80 bits per heavy atom. The summed E-state index contributed by atoms with van der Waals surface area (Å²) in [6, 6.07) is 5.31. The first kappa shape index (κ1) is 10.2. The molecule has 0 saturated heterocycles. The lowest BCUT2D eigenvalue weighted by molar-refractivity contribution is -0.118. The van der Waals surface area contributed by atoms with Gasteiger partial charge in [0.25, 0.3) is 0 Å². The lowest BCUT2D eigenvalue weighted by Gasteiger charge is -2.25. The van der Waals surface area contributed by atoms with Crippen molar-refractivity contribution in [3.8, 4) is 0 Å². The van der Waals surface area contributed by atoms with E-state index in [1.54, 1.807) is 24.1 Å². The van der Waals surface area contributed by atoms with Gasteiger partial charge >= 0.3 is 0 Å². The molecule has 3 nitrogen and oxygen atoms in total. The molecule has 0 N–H and O–H groups in total. The minimum Gasteiger partial charge on any atom is -0.315 e. The molecule has 0 fully saturated rings. The number of carbonyl (C=O) groups is 2. The van der Waals surface area contributed by atoms with E-state index < -0.39 is 0 Å². The van der Waals surface area contributed by atoms with Gasteiger partial charge in [-0.1, -0.05) is 0 Å². The second-order valence-corrected chi connectivity index (χ2v) is 4.01. The molecule has 15 heavy (non-hydrogen) atoms. The van der Waals surface area contributed by atoms with Crippen LogP contribution in [-0.4, -0.2) is 18.1 Å². The highest BCUT2D eigenvalue weighted by molar-refractivity contribution is 7.97. The summed E-state index contributed by atoms with van der Waals surface area (Å²) in [6.07, 6.45) is 1.21. The number of hydrogen-bond acceptors (Lipinski definition) is 2. The molecule has 0 radical (unpaired) electrons. The van der Waals surface area contributed by atoms with Crippen molar-refractivity contribution in [2.24, 2.45) is 0 Å². The highest BCUT2D eigenvalue weighted by atomic mass is 32.1. The third kappa shape index (κ3) is 1.77. The Bertz CT molecular complexity index is 442. The first-order valence-electron chi connectivity index (χ1n) is 4.72. The van der Waals surface area contributed by atoms with Crippen LogP contribution in [-0.2, 0) is 11.2 Å². The number of fused-ring (bicyclic) bond motifs is 1. The zero-order valence-corrected chi connectivity index (χ0v) is 9.25. The van der Waals surface area contributed by atoms with Gasteiger partial charge in [0.2, 0.25) is 11.0 Å². The number of anilines is 1. The van der Waals surface area contributed by atoms with Gasteiger partial charge in [-0.2, -0.15) is 0 Å². The van der Waals surface area contributed by atoms with Gasteiger partial charge in [-0.25, -0.2) is 0 Å². The van der Waals surface area contributed by atoms with E-state index in [0.29, 0.717) is 18.4 Å². The van der Waals surface area contributed by atoms with Gasteiger partial charge < -0.3 is 4.90 Å². The van der Waals surface area contributed by atoms with Gasteiger partial charge in [0.05, 0.1) is 0 Å². The van der Waals surface area contributed by atoms with E-state index in [2.05, 4.69) is 12.6 Å². The van der Waals surface area contributed by atoms with Gasteiger partial charge in [-0.3, -0.25) is 9.59 Å². The Balaban J connectivity index is 2.47. The fraction of sp³-hybridized carbons (Fsp3) is 0.273. The monoisotopic (exact) mass is 221 g/mol. The zero-order valence-electron chi connectivity index (χ0n) is 8.36. The molecule has 0 atom stereocenters. The number of aryl methyl sites for hydroxylation is 1. The van der Waals surface area contributed by atoms with Gasteiger partial charge in [-0.15, -0.1) is 12.6 Å². The third-order valence-electron chi connectivity index (χ3n) is 2.67. The maximum atomic E-state index is 11.4. The summed E-state index contributed by atoms with van der Waals surface area (Å²) in [5.41, 5.74) is 2.52. The summed E-state index contributed by atoms with van der Waals surface area (Å²) >= 11 is 3.78. The summed E-state index contributed by atoms with van der Waals surface area (Å²) in [5.74, 6) is 0.118. The smallest absolute Gasteiger partial charge is 0.227 e. The zero-order chi connectivity index (χ0) is 11.0. The van der Waals surface area contributed by atoms with Gasteiger partial charge in [0.15, 0.2) is 0 Å². The van der Waals surface area contributed by atoms with E-state index in [0.717, 1.165) is 11.3 Å². The summed E-state index contributed by atoms with van der Waals surface area (Å²) in [7, 11) is 1.75. The Morgan fingerprint density at radius 1 is 1.40 bits per heavy atom. The van der Waals surface area contributed by atoms with Crippen molar-refractivity contribution in [1.29, 1.82) is 0 Å². The van der Waals surface area contributed by atoms with Crippen LogP contribution in [0.1, 0.15) is 22.3 Å². The van der Waals surface area contributed by atoms with E-state index in [9.17, 15) is 9.59 Å². The predicted octanol–water partition coefficient (Wildman–Crippen LogP) is 1.67. The second-order valence-electron chi connectivity index (χ2n) is 3.60. The molecule has 0 saturated carbocycles. The summed E-state index contributed by atoms with van der Waals surface area (Å²) in [4.78, 5) is 24.1. The summed E-state index contributed by atoms with van der Waals surface area (Å²) in [5, 5.41) is -0.239. The van der Waals surface area contributed by atoms with E-state index in [4.69, 9.17) is 0 Å². The van der Waals surface area contributed by atoms with Crippen molar-refractivity contribution in [2.75, 3.05) is 11.9 Å². The van der Waals surface area contributed by atoms with Crippen molar-refractivity contribution < 1.29 is 9.59 Å². The first-order valence-corrected chi connectivity index (χ1v) is 5.17. The average Bonchev–Trinajstić information content (AvgIpc) is 2.23. The quantitative estimate of drug-likeness (QED) is 0.732. The van der Waals surface area contributed by atoms with Crippen LogP contribution in [0.4, 0.5) is 5.69 Å². The van der Waals surface area contributed by atoms with E-state index in [1.165, 1.54) is 0 Å². The number of hydrogen-bond donors (Lipinski definition) is 1. The molecule has 1 heterocycles. The molecule has 78 valence electrons. The highest BCUT2D eigenvalue weighted by Crippen LogP contribution is 2.27. The van der Waals surface area contributed by atoms with Crippen LogP contribution < -0.4 is 4.90 Å². The van der Waals surface area contributed by atoms with Crippen LogP contribution in [0, 0.1) is 0 Å². The first-order chi connectivity index (χ1) is 7.09. The fourth-order valence-corrected chi connectivity index (χ4v) is 1.93. The molecule has 1 amide bonds. The van der Waals surface area contributed by atoms with Crippen molar-refractivity contribution in [1.82, 2.24) is 0 Å². The predicted molar refractivity (Wildman–Crippen MR) is 61.5 cm³/mol. The molecule has 1 aliphatic heterocycles. The number of amides is 1. The number of benzene rings is 1. The molecule has 1 aromatic carbocycles. The number of carbonyl (C=O) groups excluding carboxylic acids is 2. The third-order valence-corrected chi connectivity index (χ3v) is 2.93. The maximum Gasteiger partial charge on any atom is 0.227 e. The normalized spacial score (nSPS) is 15.1. The van der Waals surface area contributed by atoms with E-state index in [-0.39, 0.29) is 11.0 Å². The van der Waals surface area contributed by atoms with E-state index >= 15 is 0 Å². The molecule has 0 bridgehead atoms.